The number of anilines is 1. The number of hydrogen-bond acceptors (Lipinski definition) is 5. The average Bonchev–Trinajstić information content (AvgIpc) is 2.58. The van der Waals surface area contributed by atoms with E-state index in [-0.39, 0.29) is 15.5 Å². The first-order valence-corrected chi connectivity index (χ1v) is 11.0. The number of carbonyl (C=O) groups is 1. The van der Waals surface area contributed by atoms with Crippen molar-refractivity contribution >= 4 is 31.6 Å². The molecule has 0 aromatic heterocycles. The maximum absolute atomic E-state index is 12.4. The summed E-state index contributed by atoms with van der Waals surface area (Å²) < 4.78 is 50.1. The minimum Gasteiger partial charge on any atom is -0.324 e. The van der Waals surface area contributed by atoms with Crippen LogP contribution < -0.4 is 15.2 Å². The molecule has 0 aliphatic heterocycles. The molecule has 1 amide bonds. The van der Waals surface area contributed by atoms with Gasteiger partial charge < -0.3 is 5.32 Å². The number of sulfonamides is 2. The van der Waals surface area contributed by atoms with Gasteiger partial charge in [-0.2, -0.15) is 4.72 Å². The zero-order valence-electron chi connectivity index (χ0n) is 15.1. The second-order valence-corrected chi connectivity index (χ2v) is 9.38. The molecule has 4 N–H and O–H groups in total. The van der Waals surface area contributed by atoms with E-state index >= 15 is 0 Å². The third-order valence-corrected chi connectivity index (χ3v) is 6.46. The number of nitrogens with two attached hydrogens (primary N) is 1. The maximum atomic E-state index is 12.4. The van der Waals surface area contributed by atoms with Crippen molar-refractivity contribution in [2.45, 2.75) is 36.6 Å². The van der Waals surface area contributed by atoms with Gasteiger partial charge in [-0.3, -0.25) is 4.79 Å². The Kier molecular flexibility index (Phi) is 6.05. The summed E-state index contributed by atoms with van der Waals surface area (Å²) in [6, 6.07) is 9.21. The molecule has 0 saturated heterocycles. The summed E-state index contributed by atoms with van der Waals surface area (Å²) in [6.07, 6.45) is 0. The van der Waals surface area contributed by atoms with Crippen LogP contribution in [0.4, 0.5) is 5.69 Å². The summed E-state index contributed by atoms with van der Waals surface area (Å²) in [5.41, 5.74) is 1.51. The molecule has 0 heterocycles. The summed E-state index contributed by atoms with van der Waals surface area (Å²) in [4.78, 5) is 12.3. The van der Waals surface area contributed by atoms with E-state index < -0.39 is 32.0 Å². The van der Waals surface area contributed by atoms with E-state index in [2.05, 4.69) is 10.0 Å². The topological polar surface area (TPSA) is 135 Å². The van der Waals surface area contributed by atoms with Gasteiger partial charge in [0.2, 0.25) is 26.0 Å². The van der Waals surface area contributed by atoms with Gasteiger partial charge in [-0.05, 0) is 56.2 Å². The van der Waals surface area contributed by atoms with Gasteiger partial charge in [0.15, 0.2) is 0 Å². The number of hydrogen-bond donors (Lipinski definition) is 3. The van der Waals surface area contributed by atoms with Crippen LogP contribution in [-0.4, -0.2) is 28.8 Å². The lowest BCUT2D eigenvalue weighted by Crippen LogP contribution is -2.41. The van der Waals surface area contributed by atoms with Gasteiger partial charge in [0, 0.05) is 5.69 Å². The summed E-state index contributed by atoms with van der Waals surface area (Å²) in [6.45, 7) is 4.78. The Hall–Kier alpha value is -2.27. The SMILES string of the molecule is Cc1cc(S(N)(=O)=O)cc(NC(=O)[C@H](C)NS(=O)(=O)c2ccccc2)c1C. The lowest BCUT2D eigenvalue weighted by molar-refractivity contribution is -0.117. The van der Waals surface area contributed by atoms with Crippen molar-refractivity contribution in [3.63, 3.8) is 0 Å². The van der Waals surface area contributed by atoms with Crippen molar-refractivity contribution in [2.24, 2.45) is 5.14 Å². The summed E-state index contributed by atoms with van der Waals surface area (Å²) in [5.74, 6) is -0.636. The lowest BCUT2D eigenvalue weighted by Gasteiger charge is -2.17. The van der Waals surface area contributed by atoms with Crippen molar-refractivity contribution in [3.8, 4) is 0 Å². The Morgan fingerprint density at radius 2 is 1.59 bits per heavy atom. The molecule has 0 aliphatic carbocycles. The monoisotopic (exact) mass is 411 g/mol. The van der Waals surface area contributed by atoms with Crippen molar-refractivity contribution in [1.29, 1.82) is 0 Å². The van der Waals surface area contributed by atoms with Gasteiger partial charge in [0.1, 0.15) is 0 Å². The van der Waals surface area contributed by atoms with Gasteiger partial charge in [-0.15, -0.1) is 0 Å². The highest BCUT2D eigenvalue weighted by molar-refractivity contribution is 7.89. The quantitative estimate of drug-likeness (QED) is 0.657. The zero-order valence-corrected chi connectivity index (χ0v) is 16.7. The minimum absolute atomic E-state index is 0.0351. The molecule has 27 heavy (non-hydrogen) atoms. The van der Waals surface area contributed by atoms with Crippen LogP contribution in [0.25, 0.3) is 0 Å². The molecule has 8 nitrogen and oxygen atoms in total. The van der Waals surface area contributed by atoms with Gasteiger partial charge >= 0.3 is 0 Å². The van der Waals surface area contributed by atoms with E-state index in [9.17, 15) is 21.6 Å². The zero-order chi connectivity index (χ0) is 20.4. The van der Waals surface area contributed by atoms with Gasteiger partial charge in [0.25, 0.3) is 0 Å². The van der Waals surface area contributed by atoms with Crippen LogP contribution in [0, 0.1) is 13.8 Å². The third kappa shape index (κ3) is 5.13. The van der Waals surface area contributed by atoms with Crippen LogP contribution in [0.1, 0.15) is 18.1 Å². The third-order valence-electron chi connectivity index (χ3n) is 4.01. The van der Waals surface area contributed by atoms with Crippen LogP contribution >= 0.6 is 0 Å². The van der Waals surface area contributed by atoms with Crippen LogP contribution in [0.2, 0.25) is 0 Å². The van der Waals surface area contributed by atoms with Crippen LogP contribution in [0.15, 0.2) is 52.3 Å². The highest BCUT2D eigenvalue weighted by Crippen LogP contribution is 2.23. The van der Waals surface area contributed by atoms with Gasteiger partial charge in [-0.1, -0.05) is 18.2 Å². The molecule has 2 rings (SSSR count). The highest BCUT2D eigenvalue weighted by Gasteiger charge is 2.23. The first-order valence-electron chi connectivity index (χ1n) is 7.94. The first kappa shape index (κ1) is 21.0. The fraction of sp³-hybridized carbons (Fsp3) is 0.235. The minimum atomic E-state index is -3.95. The Labute approximate surface area is 158 Å². The first-order chi connectivity index (χ1) is 12.4. The Morgan fingerprint density at radius 1 is 1.00 bits per heavy atom. The molecule has 2 aromatic rings. The van der Waals surface area contributed by atoms with Crippen LogP contribution in [-0.2, 0) is 24.8 Å². The Morgan fingerprint density at radius 3 is 2.15 bits per heavy atom. The smallest absolute Gasteiger partial charge is 0.242 e. The van der Waals surface area contributed by atoms with E-state index in [0.717, 1.165) is 0 Å². The van der Waals surface area contributed by atoms with E-state index in [1.165, 1.54) is 31.2 Å². The summed E-state index contributed by atoms with van der Waals surface area (Å²) >= 11 is 0. The van der Waals surface area contributed by atoms with Crippen molar-refractivity contribution in [1.82, 2.24) is 4.72 Å². The molecule has 0 bridgehead atoms. The van der Waals surface area contributed by atoms with Crippen LogP contribution in [0.3, 0.4) is 0 Å². The molecular weight excluding hydrogens is 390 g/mol. The molecule has 0 radical (unpaired) electrons. The Balaban J connectivity index is 2.23. The van der Waals surface area contributed by atoms with E-state index in [1.54, 1.807) is 32.0 Å². The predicted molar refractivity (Wildman–Crippen MR) is 102 cm³/mol. The second kappa shape index (κ2) is 7.77. The van der Waals surface area contributed by atoms with E-state index in [1.807, 2.05) is 0 Å². The number of nitrogens with one attached hydrogen (secondary N) is 2. The van der Waals surface area contributed by atoms with E-state index in [0.29, 0.717) is 11.1 Å². The molecule has 146 valence electrons. The fourth-order valence-electron chi connectivity index (χ4n) is 2.32. The number of rotatable bonds is 6. The number of carbonyl (C=O) groups excluding carboxylic acids is 1. The number of benzene rings is 2. The molecule has 0 saturated carbocycles. The van der Waals surface area contributed by atoms with Crippen molar-refractivity contribution in [2.75, 3.05) is 5.32 Å². The number of amides is 1. The molecule has 10 heteroatoms. The molecule has 1 atom stereocenters. The fourth-order valence-corrected chi connectivity index (χ4v) is 4.16. The molecule has 0 fully saturated rings. The van der Waals surface area contributed by atoms with E-state index in [4.69, 9.17) is 5.14 Å². The number of aryl methyl sites for hydroxylation is 1. The van der Waals surface area contributed by atoms with Gasteiger partial charge in [-0.25, -0.2) is 22.0 Å². The summed E-state index contributed by atoms with van der Waals surface area (Å²) in [7, 11) is -7.82. The molecule has 0 unspecified atom stereocenters. The largest absolute Gasteiger partial charge is 0.324 e. The summed E-state index contributed by atoms with van der Waals surface area (Å²) in [5, 5.41) is 7.70. The van der Waals surface area contributed by atoms with Gasteiger partial charge in [0.05, 0.1) is 15.8 Å². The Bertz CT molecular complexity index is 1070. The van der Waals surface area contributed by atoms with Crippen molar-refractivity contribution in [3.05, 3.63) is 53.6 Å². The normalized spacial score (nSPS) is 13.2. The lowest BCUT2D eigenvalue weighted by atomic mass is 10.1. The maximum Gasteiger partial charge on any atom is 0.242 e. The molecule has 0 aliphatic rings. The van der Waals surface area contributed by atoms with Crippen LogP contribution in [0.5, 0.6) is 0 Å². The standard InChI is InChI=1S/C17H21N3O5S2/c1-11-9-15(26(18,22)23)10-16(12(11)2)19-17(21)13(3)20-27(24,25)14-7-5-4-6-8-14/h4-10,13,20H,1-3H3,(H,19,21)(H2,18,22,23)/t13-/m0/s1. The predicted octanol–water partition coefficient (Wildman–Crippen LogP) is 1.26. The number of primary sulfonamides is 1. The average molecular weight is 412 g/mol. The highest BCUT2D eigenvalue weighted by atomic mass is 32.2. The second-order valence-electron chi connectivity index (χ2n) is 6.10. The molecule has 0 spiro atoms. The molecule has 2 aromatic carbocycles. The van der Waals surface area contributed by atoms with Crippen molar-refractivity contribution < 1.29 is 21.6 Å². The molecular formula is C17H21N3O5S2.